The summed E-state index contributed by atoms with van der Waals surface area (Å²) in [5.74, 6) is 0. The van der Waals surface area contributed by atoms with Crippen LogP contribution in [0.3, 0.4) is 0 Å². The Kier molecular flexibility index (Phi) is 5.23. The molecular formula is C19H20N2O3. The number of ether oxygens (including phenoxy) is 1. The van der Waals surface area contributed by atoms with E-state index in [0.717, 1.165) is 22.4 Å². The lowest BCUT2D eigenvalue weighted by Gasteiger charge is -2.26. The smallest absolute Gasteiger partial charge is 0.410 e. The predicted molar refractivity (Wildman–Crippen MR) is 91.0 cm³/mol. The van der Waals surface area contributed by atoms with Crippen molar-refractivity contribution in [1.29, 1.82) is 0 Å². The number of carbonyl (C=O) groups is 1. The molecule has 1 N–H and O–H groups in total. The highest BCUT2D eigenvalue weighted by atomic mass is 16.6. The quantitative estimate of drug-likeness (QED) is 0.939. The number of amides is 1. The second-order valence-corrected chi connectivity index (χ2v) is 5.63. The number of rotatable bonds is 4. The van der Waals surface area contributed by atoms with E-state index in [-0.39, 0.29) is 19.3 Å². The number of pyridine rings is 1. The summed E-state index contributed by atoms with van der Waals surface area (Å²) in [4.78, 5) is 18.2. The van der Waals surface area contributed by atoms with Gasteiger partial charge in [0.15, 0.2) is 0 Å². The molecule has 5 heteroatoms. The van der Waals surface area contributed by atoms with Gasteiger partial charge in [-0.15, -0.1) is 0 Å². The highest BCUT2D eigenvalue weighted by Crippen LogP contribution is 2.24. The van der Waals surface area contributed by atoms with Gasteiger partial charge >= 0.3 is 6.09 Å². The van der Waals surface area contributed by atoms with Gasteiger partial charge in [0.1, 0.15) is 6.61 Å². The van der Waals surface area contributed by atoms with Crippen LogP contribution in [-0.4, -0.2) is 34.2 Å². The molecule has 1 aliphatic rings. The molecule has 0 bridgehead atoms. The Bertz CT molecular complexity index is 728. The molecule has 1 aromatic heterocycles. The lowest BCUT2D eigenvalue weighted by molar-refractivity contribution is 0.0998. The standard InChI is InChI=1S/C19H20N2O3/c22-13-17-7-4-10-20-18(17)16-8-11-21(12-9-16)19(23)24-14-15-5-2-1-3-6-15/h1-8,10,22H,9,11-14H2. The molecule has 0 aliphatic carbocycles. The van der Waals surface area contributed by atoms with Crippen molar-refractivity contribution in [3.8, 4) is 0 Å². The fourth-order valence-corrected chi connectivity index (χ4v) is 2.72. The maximum absolute atomic E-state index is 12.2. The van der Waals surface area contributed by atoms with Crippen LogP contribution in [0, 0.1) is 0 Å². The van der Waals surface area contributed by atoms with Crippen molar-refractivity contribution in [3.05, 3.63) is 71.6 Å². The van der Waals surface area contributed by atoms with E-state index < -0.39 is 0 Å². The van der Waals surface area contributed by atoms with E-state index in [1.54, 1.807) is 11.1 Å². The maximum Gasteiger partial charge on any atom is 0.410 e. The Morgan fingerprint density at radius 2 is 2.04 bits per heavy atom. The number of aliphatic hydroxyl groups is 1. The molecule has 0 saturated heterocycles. The van der Waals surface area contributed by atoms with Crippen LogP contribution in [0.15, 0.2) is 54.7 Å². The van der Waals surface area contributed by atoms with Gasteiger partial charge in [0.25, 0.3) is 0 Å². The van der Waals surface area contributed by atoms with Crippen molar-refractivity contribution in [2.24, 2.45) is 0 Å². The van der Waals surface area contributed by atoms with Crippen molar-refractivity contribution in [1.82, 2.24) is 9.88 Å². The topological polar surface area (TPSA) is 62.7 Å². The molecule has 24 heavy (non-hydrogen) atoms. The summed E-state index contributed by atoms with van der Waals surface area (Å²) >= 11 is 0. The number of carbonyl (C=O) groups excluding carboxylic acids is 1. The molecule has 0 saturated carbocycles. The molecule has 124 valence electrons. The summed E-state index contributed by atoms with van der Waals surface area (Å²) in [7, 11) is 0. The number of hydrogen-bond donors (Lipinski definition) is 1. The van der Waals surface area contributed by atoms with Crippen molar-refractivity contribution in [2.45, 2.75) is 19.6 Å². The fourth-order valence-electron chi connectivity index (χ4n) is 2.72. The third-order valence-corrected chi connectivity index (χ3v) is 4.04. The second-order valence-electron chi connectivity index (χ2n) is 5.63. The molecule has 1 aliphatic heterocycles. The zero-order chi connectivity index (χ0) is 16.8. The van der Waals surface area contributed by atoms with Gasteiger partial charge in [-0.05, 0) is 23.6 Å². The minimum Gasteiger partial charge on any atom is -0.445 e. The van der Waals surface area contributed by atoms with Crippen LogP contribution in [-0.2, 0) is 18.0 Å². The lowest BCUT2D eigenvalue weighted by Crippen LogP contribution is -2.35. The molecule has 2 heterocycles. The number of aliphatic hydroxyl groups excluding tert-OH is 1. The molecular weight excluding hydrogens is 304 g/mol. The number of benzene rings is 1. The third kappa shape index (κ3) is 3.81. The average molecular weight is 324 g/mol. The monoisotopic (exact) mass is 324 g/mol. The minimum atomic E-state index is -0.308. The highest BCUT2D eigenvalue weighted by molar-refractivity contribution is 5.72. The molecule has 5 nitrogen and oxygen atoms in total. The molecule has 0 radical (unpaired) electrons. The summed E-state index contributed by atoms with van der Waals surface area (Å²) in [6, 6.07) is 13.3. The SMILES string of the molecule is O=C(OCc1ccccc1)N1CC=C(c2ncccc2CO)CC1. The van der Waals surface area contributed by atoms with E-state index in [0.29, 0.717) is 19.5 Å². The summed E-state index contributed by atoms with van der Waals surface area (Å²) in [6.45, 7) is 1.32. The number of nitrogens with zero attached hydrogens (tertiary/aromatic N) is 2. The Morgan fingerprint density at radius 3 is 2.75 bits per heavy atom. The van der Waals surface area contributed by atoms with E-state index in [1.165, 1.54) is 0 Å². The first kappa shape index (κ1) is 16.2. The van der Waals surface area contributed by atoms with Crippen LogP contribution in [0.2, 0.25) is 0 Å². The van der Waals surface area contributed by atoms with Gasteiger partial charge < -0.3 is 14.7 Å². The average Bonchev–Trinajstić information content (AvgIpc) is 2.67. The van der Waals surface area contributed by atoms with Gasteiger partial charge in [-0.25, -0.2) is 4.79 Å². The normalized spacial score (nSPS) is 14.2. The van der Waals surface area contributed by atoms with Gasteiger partial charge in [0.05, 0.1) is 12.3 Å². The largest absolute Gasteiger partial charge is 0.445 e. The zero-order valence-corrected chi connectivity index (χ0v) is 13.4. The Labute approximate surface area is 141 Å². The molecule has 0 atom stereocenters. The van der Waals surface area contributed by atoms with Crippen molar-refractivity contribution in [3.63, 3.8) is 0 Å². The lowest BCUT2D eigenvalue weighted by atomic mass is 10.0. The van der Waals surface area contributed by atoms with Gasteiger partial charge in [0.2, 0.25) is 0 Å². The number of aromatic nitrogens is 1. The molecule has 3 rings (SSSR count). The first-order chi connectivity index (χ1) is 11.8. The highest BCUT2D eigenvalue weighted by Gasteiger charge is 2.20. The van der Waals surface area contributed by atoms with Crippen molar-refractivity contribution < 1.29 is 14.6 Å². The van der Waals surface area contributed by atoms with Crippen LogP contribution >= 0.6 is 0 Å². The Hall–Kier alpha value is -2.66. The van der Waals surface area contributed by atoms with Crippen LogP contribution in [0.5, 0.6) is 0 Å². The Balaban J connectivity index is 1.59. The summed E-state index contributed by atoms with van der Waals surface area (Å²) in [5.41, 5.74) is 3.66. The van der Waals surface area contributed by atoms with Gasteiger partial charge in [0, 0.05) is 24.8 Å². The third-order valence-electron chi connectivity index (χ3n) is 4.04. The fraction of sp³-hybridized carbons (Fsp3) is 0.263. The van der Waals surface area contributed by atoms with Crippen molar-refractivity contribution in [2.75, 3.05) is 13.1 Å². The summed E-state index contributed by atoms with van der Waals surface area (Å²) in [5, 5.41) is 9.42. The second kappa shape index (κ2) is 7.75. The van der Waals surface area contributed by atoms with Crippen molar-refractivity contribution >= 4 is 11.7 Å². The van der Waals surface area contributed by atoms with E-state index in [4.69, 9.17) is 4.74 Å². The molecule has 0 spiro atoms. The molecule has 1 amide bonds. The first-order valence-corrected chi connectivity index (χ1v) is 7.97. The van der Waals surface area contributed by atoms with E-state index in [9.17, 15) is 9.90 Å². The zero-order valence-electron chi connectivity index (χ0n) is 13.4. The van der Waals surface area contributed by atoms with Gasteiger partial charge in [-0.3, -0.25) is 4.98 Å². The molecule has 0 fully saturated rings. The molecule has 1 aromatic carbocycles. The summed E-state index contributed by atoms with van der Waals surface area (Å²) < 4.78 is 5.36. The Morgan fingerprint density at radius 1 is 1.21 bits per heavy atom. The van der Waals surface area contributed by atoms with E-state index in [2.05, 4.69) is 4.98 Å². The predicted octanol–water partition coefficient (Wildman–Crippen LogP) is 3.00. The first-order valence-electron chi connectivity index (χ1n) is 7.97. The maximum atomic E-state index is 12.2. The molecule has 0 unspecified atom stereocenters. The van der Waals surface area contributed by atoms with E-state index >= 15 is 0 Å². The van der Waals surface area contributed by atoms with Crippen LogP contribution in [0.1, 0.15) is 23.2 Å². The van der Waals surface area contributed by atoms with Crippen LogP contribution in [0.25, 0.3) is 5.57 Å². The minimum absolute atomic E-state index is 0.0383. The van der Waals surface area contributed by atoms with E-state index in [1.807, 2.05) is 48.5 Å². The summed E-state index contributed by atoms with van der Waals surface area (Å²) in [6.07, 6.45) is 4.09. The van der Waals surface area contributed by atoms with Gasteiger partial charge in [-0.1, -0.05) is 42.5 Å². The number of hydrogen-bond acceptors (Lipinski definition) is 4. The van der Waals surface area contributed by atoms with Crippen LogP contribution in [0.4, 0.5) is 4.79 Å². The van der Waals surface area contributed by atoms with Crippen LogP contribution < -0.4 is 0 Å². The molecule has 2 aromatic rings. The van der Waals surface area contributed by atoms with Gasteiger partial charge in [-0.2, -0.15) is 0 Å².